The first kappa shape index (κ1) is 18.5. The standard InChI is InChI=1S/C16H27NO5/c1-6-20-14(18)12(15(19)21-7-2)8-9-13-17-16(4,5)10-11(3)22-13/h11-12H,6-10H2,1-5H3. The first-order chi connectivity index (χ1) is 10.3. The highest BCUT2D eigenvalue weighted by Crippen LogP contribution is 2.26. The van der Waals surface area contributed by atoms with E-state index in [1.165, 1.54) is 0 Å². The highest BCUT2D eigenvalue weighted by molar-refractivity contribution is 5.95. The van der Waals surface area contributed by atoms with Gasteiger partial charge in [-0.15, -0.1) is 0 Å². The molecule has 0 saturated heterocycles. The molecule has 0 spiro atoms. The lowest BCUT2D eigenvalue weighted by Gasteiger charge is -2.31. The van der Waals surface area contributed by atoms with E-state index in [-0.39, 0.29) is 31.3 Å². The number of hydrogen-bond donors (Lipinski definition) is 0. The van der Waals surface area contributed by atoms with Gasteiger partial charge in [-0.1, -0.05) is 0 Å². The van der Waals surface area contributed by atoms with E-state index in [1.807, 2.05) is 20.8 Å². The molecule has 0 radical (unpaired) electrons. The van der Waals surface area contributed by atoms with Gasteiger partial charge < -0.3 is 14.2 Å². The Labute approximate surface area is 132 Å². The molecule has 0 aromatic heterocycles. The van der Waals surface area contributed by atoms with Crippen LogP contribution in [0.5, 0.6) is 0 Å². The van der Waals surface area contributed by atoms with Gasteiger partial charge in [0.05, 0.1) is 24.9 Å². The van der Waals surface area contributed by atoms with Crippen molar-refractivity contribution >= 4 is 17.8 Å². The first-order valence-electron chi connectivity index (χ1n) is 7.87. The van der Waals surface area contributed by atoms with Crippen LogP contribution in [-0.4, -0.2) is 42.7 Å². The summed E-state index contributed by atoms with van der Waals surface area (Å²) in [5, 5.41) is 0. The van der Waals surface area contributed by atoms with Crippen LogP contribution in [0.2, 0.25) is 0 Å². The molecular weight excluding hydrogens is 286 g/mol. The fourth-order valence-electron chi connectivity index (χ4n) is 2.59. The lowest BCUT2D eigenvalue weighted by Crippen LogP contribution is -2.35. The second kappa shape index (κ2) is 8.15. The number of rotatable bonds is 7. The summed E-state index contributed by atoms with van der Waals surface area (Å²) >= 11 is 0. The van der Waals surface area contributed by atoms with Gasteiger partial charge in [0.25, 0.3) is 0 Å². The lowest BCUT2D eigenvalue weighted by molar-refractivity contribution is -0.161. The Bertz CT molecular complexity index is 412. The van der Waals surface area contributed by atoms with Crippen LogP contribution < -0.4 is 0 Å². The molecule has 1 aliphatic heterocycles. The van der Waals surface area contributed by atoms with Gasteiger partial charge in [-0.25, -0.2) is 4.99 Å². The lowest BCUT2D eigenvalue weighted by atomic mass is 9.96. The van der Waals surface area contributed by atoms with Crippen LogP contribution in [0.15, 0.2) is 4.99 Å². The monoisotopic (exact) mass is 313 g/mol. The number of carbonyl (C=O) groups excluding carboxylic acids is 2. The zero-order valence-corrected chi connectivity index (χ0v) is 14.2. The molecule has 6 heteroatoms. The minimum absolute atomic E-state index is 0.0751. The van der Waals surface area contributed by atoms with E-state index in [0.717, 1.165) is 6.42 Å². The van der Waals surface area contributed by atoms with Crippen molar-refractivity contribution < 1.29 is 23.8 Å². The fourth-order valence-corrected chi connectivity index (χ4v) is 2.59. The van der Waals surface area contributed by atoms with Crippen molar-refractivity contribution in [3.05, 3.63) is 0 Å². The fraction of sp³-hybridized carbons (Fsp3) is 0.812. The zero-order chi connectivity index (χ0) is 16.8. The molecule has 22 heavy (non-hydrogen) atoms. The summed E-state index contributed by atoms with van der Waals surface area (Å²) in [5.74, 6) is -1.44. The Hall–Kier alpha value is -1.59. The minimum atomic E-state index is -0.924. The Kier molecular flexibility index (Phi) is 6.84. The predicted octanol–water partition coefficient (Wildman–Crippen LogP) is 2.49. The molecule has 0 fully saturated rings. The Morgan fingerprint density at radius 2 is 1.82 bits per heavy atom. The van der Waals surface area contributed by atoms with Gasteiger partial charge in [0, 0.05) is 12.8 Å². The van der Waals surface area contributed by atoms with E-state index in [9.17, 15) is 9.59 Å². The topological polar surface area (TPSA) is 74.2 Å². The van der Waals surface area contributed by atoms with Crippen LogP contribution in [0.25, 0.3) is 0 Å². The normalized spacial score (nSPS) is 20.1. The minimum Gasteiger partial charge on any atom is -0.478 e. The average Bonchev–Trinajstić information content (AvgIpc) is 2.37. The molecule has 0 aromatic rings. The number of hydrogen-bond acceptors (Lipinski definition) is 6. The van der Waals surface area contributed by atoms with Crippen LogP contribution in [0.4, 0.5) is 0 Å². The average molecular weight is 313 g/mol. The maximum absolute atomic E-state index is 11.9. The Morgan fingerprint density at radius 1 is 1.27 bits per heavy atom. The molecule has 1 aliphatic rings. The SMILES string of the molecule is CCOC(=O)C(CCC1=NC(C)(C)CC(C)O1)C(=O)OCC. The molecule has 0 N–H and O–H groups in total. The van der Waals surface area contributed by atoms with Crippen LogP contribution in [0, 0.1) is 5.92 Å². The molecule has 126 valence electrons. The Morgan fingerprint density at radius 3 is 2.27 bits per heavy atom. The number of esters is 2. The molecule has 1 rings (SSSR count). The van der Waals surface area contributed by atoms with Gasteiger partial charge in [-0.05, 0) is 41.0 Å². The summed E-state index contributed by atoms with van der Waals surface area (Å²) in [4.78, 5) is 28.4. The van der Waals surface area contributed by atoms with Crippen molar-refractivity contribution in [2.45, 2.75) is 65.5 Å². The van der Waals surface area contributed by atoms with Crippen LogP contribution in [0.1, 0.15) is 53.9 Å². The van der Waals surface area contributed by atoms with Crippen molar-refractivity contribution in [2.24, 2.45) is 10.9 Å². The molecule has 0 aromatic carbocycles. The van der Waals surface area contributed by atoms with Crippen LogP contribution in [-0.2, 0) is 23.8 Å². The van der Waals surface area contributed by atoms with Crippen LogP contribution in [0.3, 0.4) is 0 Å². The maximum Gasteiger partial charge on any atom is 0.320 e. The third kappa shape index (κ3) is 5.66. The largest absolute Gasteiger partial charge is 0.478 e. The van der Waals surface area contributed by atoms with E-state index >= 15 is 0 Å². The van der Waals surface area contributed by atoms with E-state index in [1.54, 1.807) is 13.8 Å². The van der Waals surface area contributed by atoms with Gasteiger partial charge in [-0.3, -0.25) is 9.59 Å². The number of nitrogens with zero attached hydrogens (tertiary/aromatic N) is 1. The second-order valence-electron chi connectivity index (χ2n) is 6.05. The third-order valence-corrected chi connectivity index (χ3v) is 3.34. The molecular formula is C16H27NO5. The molecule has 0 amide bonds. The van der Waals surface area contributed by atoms with Gasteiger partial charge >= 0.3 is 11.9 Å². The summed E-state index contributed by atoms with van der Waals surface area (Å²) < 4.78 is 15.6. The van der Waals surface area contributed by atoms with Crippen molar-refractivity contribution in [3.63, 3.8) is 0 Å². The molecule has 1 unspecified atom stereocenters. The highest BCUT2D eigenvalue weighted by atomic mass is 16.6. The molecule has 0 bridgehead atoms. The molecule has 1 heterocycles. The first-order valence-corrected chi connectivity index (χ1v) is 7.87. The van der Waals surface area contributed by atoms with Gasteiger partial charge in [-0.2, -0.15) is 0 Å². The summed E-state index contributed by atoms with van der Waals surface area (Å²) in [6.45, 7) is 9.95. The zero-order valence-electron chi connectivity index (χ0n) is 14.2. The van der Waals surface area contributed by atoms with Gasteiger partial charge in [0.2, 0.25) is 0 Å². The van der Waals surface area contributed by atoms with Crippen molar-refractivity contribution in [3.8, 4) is 0 Å². The van der Waals surface area contributed by atoms with Gasteiger partial charge in [0.1, 0.15) is 0 Å². The quantitative estimate of drug-likeness (QED) is 0.533. The number of aliphatic imine (C=N–C) groups is 1. The van der Waals surface area contributed by atoms with Crippen molar-refractivity contribution in [2.75, 3.05) is 13.2 Å². The second-order valence-corrected chi connectivity index (χ2v) is 6.05. The van der Waals surface area contributed by atoms with Gasteiger partial charge in [0.15, 0.2) is 11.8 Å². The van der Waals surface area contributed by atoms with E-state index < -0.39 is 17.9 Å². The molecule has 0 saturated carbocycles. The van der Waals surface area contributed by atoms with Crippen LogP contribution >= 0.6 is 0 Å². The summed E-state index contributed by atoms with van der Waals surface area (Å²) in [7, 11) is 0. The molecule has 1 atom stereocenters. The Balaban J connectivity index is 2.72. The van der Waals surface area contributed by atoms with E-state index in [4.69, 9.17) is 14.2 Å². The molecule has 0 aliphatic carbocycles. The third-order valence-electron chi connectivity index (χ3n) is 3.34. The van der Waals surface area contributed by atoms with Crippen molar-refractivity contribution in [1.29, 1.82) is 0 Å². The maximum atomic E-state index is 11.9. The van der Waals surface area contributed by atoms with Crippen molar-refractivity contribution in [1.82, 2.24) is 0 Å². The van der Waals surface area contributed by atoms with E-state index in [0.29, 0.717) is 12.3 Å². The summed E-state index contributed by atoms with van der Waals surface area (Å²) in [6, 6.07) is 0. The number of ether oxygens (including phenoxy) is 3. The predicted molar refractivity (Wildman–Crippen MR) is 82.7 cm³/mol. The molecule has 6 nitrogen and oxygen atoms in total. The highest BCUT2D eigenvalue weighted by Gasteiger charge is 2.32. The summed E-state index contributed by atoms with van der Waals surface area (Å²) in [6.07, 6.45) is 1.61. The smallest absolute Gasteiger partial charge is 0.320 e. The summed E-state index contributed by atoms with van der Waals surface area (Å²) in [5.41, 5.74) is -0.184. The number of carbonyl (C=O) groups is 2. The van der Waals surface area contributed by atoms with E-state index in [2.05, 4.69) is 4.99 Å².